The Morgan fingerprint density at radius 1 is 1.25 bits per heavy atom. The van der Waals surface area contributed by atoms with E-state index in [0.29, 0.717) is 6.42 Å². The van der Waals surface area contributed by atoms with Gasteiger partial charge in [0.2, 0.25) is 0 Å². The molecular weight excluding hydrogens is 216 g/mol. The van der Waals surface area contributed by atoms with Crippen LogP contribution in [0.25, 0.3) is 0 Å². The Kier molecular flexibility index (Phi) is 8.02. The lowest BCUT2D eigenvalue weighted by Gasteiger charge is -1.84. The third-order valence-corrected chi connectivity index (χ3v) is 1.50. The van der Waals surface area contributed by atoms with Crippen molar-refractivity contribution in [3.05, 3.63) is 35.4 Å². The van der Waals surface area contributed by atoms with E-state index in [1.807, 2.05) is 24.3 Å². The molecule has 0 radical (unpaired) electrons. The number of unbranched alkanes of at least 4 members (excludes halogenated alkanes) is 1. The van der Waals surface area contributed by atoms with Gasteiger partial charge in [-0.3, -0.25) is 0 Å². The third kappa shape index (κ3) is 9.37. The Morgan fingerprint density at radius 3 is 2.50 bits per heavy atom. The number of allylic oxidation sites excluding steroid dienone is 5. The first-order valence-corrected chi connectivity index (χ1v) is 4.65. The molecule has 0 fully saturated rings. The maximum absolute atomic E-state index is 9.91. The second kappa shape index (κ2) is 8.47. The molecule has 1 nitrogen and oxygen atoms in total. The van der Waals surface area contributed by atoms with Gasteiger partial charge in [-0.15, -0.1) is 0 Å². The average Bonchev–Trinajstić information content (AvgIpc) is 2.02. The molecule has 0 bridgehead atoms. The van der Waals surface area contributed by atoms with Gasteiger partial charge in [-0.1, -0.05) is 46.8 Å². The Labute approximate surface area is 82.0 Å². The standard InChI is InChI=1S/C10H13BrO/c1-10(11)8-6-4-2-3-5-7-9-12/h2-4,6,9H,1,5,7-8H2/b3-2-,6-4-. The van der Waals surface area contributed by atoms with Crippen molar-refractivity contribution in [3.8, 4) is 0 Å². The normalized spacial score (nSPS) is 11.1. The van der Waals surface area contributed by atoms with E-state index in [2.05, 4.69) is 22.5 Å². The topological polar surface area (TPSA) is 17.1 Å². The smallest absolute Gasteiger partial charge is 0.120 e. The minimum Gasteiger partial charge on any atom is -0.303 e. The summed E-state index contributed by atoms with van der Waals surface area (Å²) in [5, 5.41) is 0. The number of carbonyl (C=O) groups excluding carboxylic acids is 1. The predicted octanol–water partition coefficient (Wildman–Crippen LogP) is 3.38. The van der Waals surface area contributed by atoms with E-state index in [0.717, 1.165) is 23.6 Å². The van der Waals surface area contributed by atoms with E-state index in [4.69, 9.17) is 0 Å². The van der Waals surface area contributed by atoms with Crippen molar-refractivity contribution in [1.82, 2.24) is 0 Å². The summed E-state index contributed by atoms with van der Waals surface area (Å²) < 4.78 is 0.972. The Bertz CT molecular complexity index is 192. The molecule has 0 heterocycles. The molecule has 0 unspecified atom stereocenters. The fourth-order valence-corrected chi connectivity index (χ4v) is 0.800. The van der Waals surface area contributed by atoms with E-state index >= 15 is 0 Å². The van der Waals surface area contributed by atoms with E-state index in [1.165, 1.54) is 0 Å². The van der Waals surface area contributed by atoms with Crippen molar-refractivity contribution in [1.29, 1.82) is 0 Å². The molecule has 0 spiro atoms. The molecule has 66 valence electrons. The summed E-state index contributed by atoms with van der Waals surface area (Å²) in [5.74, 6) is 0. The van der Waals surface area contributed by atoms with Crippen LogP contribution in [-0.2, 0) is 4.79 Å². The number of carbonyl (C=O) groups is 1. The van der Waals surface area contributed by atoms with Gasteiger partial charge in [-0.25, -0.2) is 0 Å². The number of hydrogen-bond acceptors (Lipinski definition) is 1. The van der Waals surface area contributed by atoms with Crippen molar-refractivity contribution in [2.75, 3.05) is 0 Å². The quantitative estimate of drug-likeness (QED) is 0.387. The Hall–Kier alpha value is -0.630. The predicted molar refractivity (Wildman–Crippen MR) is 56.3 cm³/mol. The summed E-state index contributed by atoms with van der Waals surface area (Å²) >= 11 is 3.25. The van der Waals surface area contributed by atoms with E-state index in [1.54, 1.807) is 0 Å². The zero-order chi connectivity index (χ0) is 9.23. The van der Waals surface area contributed by atoms with Crippen LogP contribution in [-0.4, -0.2) is 6.29 Å². The molecule has 2 heteroatoms. The molecule has 0 rings (SSSR count). The molecule has 0 aliphatic carbocycles. The lowest BCUT2D eigenvalue weighted by atomic mass is 10.3. The summed E-state index contributed by atoms with van der Waals surface area (Å²) in [7, 11) is 0. The van der Waals surface area contributed by atoms with E-state index in [9.17, 15) is 4.79 Å². The van der Waals surface area contributed by atoms with Gasteiger partial charge in [-0.2, -0.15) is 0 Å². The van der Waals surface area contributed by atoms with Gasteiger partial charge in [0.05, 0.1) is 0 Å². The zero-order valence-corrected chi connectivity index (χ0v) is 8.59. The van der Waals surface area contributed by atoms with E-state index in [-0.39, 0.29) is 0 Å². The minimum absolute atomic E-state index is 0.607. The Balaban J connectivity index is 3.38. The first-order valence-electron chi connectivity index (χ1n) is 3.86. The van der Waals surface area contributed by atoms with Crippen molar-refractivity contribution in [2.45, 2.75) is 19.3 Å². The summed E-state index contributed by atoms with van der Waals surface area (Å²) in [5.41, 5.74) is 0. The number of halogens is 1. The van der Waals surface area contributed by atoms with Crippen LogP contribution < -0.4 is 0 Å². The fourth-order valence-electron chi connectivity index (χ4n) is 0.614. The summed E-state index contributed by atoms with van der Waals surface area (Å²) in [4.78, 5) is 9.91. The number of hydrogen-bond donors (Lipinski definition) is 0. The highest BCUT2D eigenvalue weighted by molar-refractivity contribution is 9.11. The van der Waals surface area contributed by atoms with Gasteiger partial charge in [0.15, 0.2) is 0 Å². The molecule has 0 saturated heterocycles. The SMILES string of the molecule is C=C(Br)C/C=C\C=C/CCC=O. The highest BCUT2D eigenvalue weighted by atomic mass is 79.9. The summed E-state index contributed by atoms with van der Waals surface area (Å²) in [6, 6.07) is 0. The van der Waals surface area contributed by atoms with Crippen LogP contribution in [0.15, 0.2) is 35.4 Å². The zero-order valence-electron chi connectivity index (χ0n) is 7.00. The van der Waals surface area contributed by atoms with Crippen LogP contribution in [0.4, 0.5) is 0 Å². The van der Waals surface area contributed by atoms with Crippen LogP contribution in [0.2, 0.25) is 0 Å². The van der Waals surface area contributed by atoms with Crippen LogP contribution >= 0.6 is 15.9 Å². The largest absolute Gasteiger partial charge is 0.303 e. The van der Waals surface area contributed by atoms with Crippen molar-refractivity contribution >= 4 is 22.2 Å². The number of aldehydes is 1. The van der Waals surface area contributed by atoms with Gasteiger partial charge >= 0.3 is 0 Å². The maximum Gasteiger partial charge on any atom is 0.120 e. The summed E-state index contributed by atoms with van der Waals surface area (Å²) in [6.07, 6.45) is 11.1. The van der Waals surface area contributed by atoms with Crippen molar-refractivity contribution < 1.29 is 4.79 Å². The van der Waals surface area contributed by atoms with Crippen LogP contribution in [0.3, 0.4) is 0 Å². The van der Waals surface area contributed by atoms with Gasteiger partial charge in [0.25, 0.3) is 0 Å². The van der Waals surface area contributed by atoms with Crippen LogP contribution in [0, 0.1) is 0 Å². The van der Waals surface area contributed by atoms with Crippen molar-refractivity contribution in [3.63, 3.8) is 0 Å². The molecule has 0 aliphatic heterocycles. The third-order valence-electron chi connectivity index (χ3n) is 1.17. The van der Waals surface area contributed by atoms with Crippen LogP contribution in [0.1, 0.15) is 19.3 Å². The second-order valence-corrected chi connectivity index (χ2v) is 3.44. The monoisotopic (exact) mass is 228 g/mol. The molecule has 0 aromatic carbocycles. The maximum atomic E-state index is 9.91. The van der Waals surface area contributed by atoms with Gasteiger partial charge in [-0.05, 0) is 17.3 Å². The Morgan fingerprint density at radius 2 is 1.92 bits per heavy atom. The number of rotatable bonds is 6. The molecule has 0 N–H and O–H groups in total. The highest BCUT2D eigenvalue weighted by Gasteiger charge is 1.78. The first kappa shape index (κ1) is 11.4. The lowest BCUT2D eigenvalue weighted by molar-refractivity contribution is -0.107. The van der Waals surface area contributed by atoms with E-state index < -0.39 is 0 Å². The average molecular weight is 229 g/mol. The second-order valence-electron chi connectivity index (χ2n) is 2.32. The highest BCUT2D eigenvalue weighted by Crippen LogP contribution is 2.06. The van der Waals surface area contributed by atoms with Gasteiger partial charge in [0, 0.05) is 6.42 Å². The first-order chi connectivity index (χ1) is 5.77. The fraction of sp³-hybridized carbons (Fsp3) is 0.300. The molecule has 0 amide bonds. The van der Waals surface area contributed by atoms with Crippen LogP contribution in [0.5, 0.6) is 0 Å². The molecular formula is C10H13BrO. The lowest BCUT2D eigenvalue weighted by Crippen LogP contribution is -1.69. The van der Waals surface area contributed by atoms with Gasteiger partial charge < -0.3 is 4.79 Å². The summed E-state index contributed by atoms with van der Waals surface area (Å²) in [6.45, 7) is 3.70. The minimum atomic E-state index is 0.607. The molecule has 0 aliphatic rings. The molecule has 0 saturated carbocycles. The molecule has 0 aromatic heterocycles. The molecule has 12 heavy (non-hydrogen) atoms. The van der Waals surface area contributed by atoms with Crippen molar-refractivity contribution in [2.24, 2.45) is 0 Å². The van der Waals surface area contributed by atoms with Gasteiger partial charge in [0.1, 0.15) is 6.29 Å². The molecule has 0 aromatic rings. The molecule has 0 atom stereocenters.